The van der Waals surface area contributed by atoms with Gasteiger partial charge in [-0.1, -0.05) is 0 Å². The molecule has 2 saturated heterocycles. The van der Waals surface area contributed by atoms with Crippen molar-refractivity contribution >= 4 is 43.8 Å². The van der Waals surface area contributed by atoms with Gasteiger partial charge in [0.05, 0.1) is 10.9 Å². The zero-order valence-electron chi connectivity index (χ0n) is 17.3. The van der Waals surface area contributed by atoms with Crippen LogP contribution in [0.4, 0.5) is 5.00 Å². The van der Waals surface area contributed by atoms with E-state index in [2.05, 4.69) is 26.3 Å². The maximum Gasteiger partial charge on any atom is 0.226 e. The largest absolute Gasteiger partial charge is 0.317 e. The lowest BCUT2D eigenvalue weighted by molar-refractivity contribution is -0.116. The van der Waals surface area contributed by atoms with E-state index >= 15 is 0 Å². The van der Waals surface area contributed by atoms with Gasteiger partial charge in [0, 0.05) is 48.2 Å². The molecule has 7 rings (SSSR count). The van der Waals surface area contributed by atoms with Crippen LogP contribution in [0, 0.1) is 5.92 Å². The molecule has 0 atom stereocenters. The second-order valence-electron chi connectivity index (χ2n) is 8.91. The lowest BCUT2D eigenvalue weighted by atomic mass is 9.73. The highest BCUT2D eigenvalue weighted by Gasteiger charge is 2.49. The standard InChI is InChI=1S/C22H26N6OS2/c29-18(3-6-25-12-22-7-13(8-22)9-26-22)28-21-19(14-1-4-24-11-17(14)31-21)20-27-15-10-23-5-2-16(15)30-20/h2,5,10,13,24-26H,1,3-4,6-9,11-12H2,(H,28,29). The first-order chi connectivity index (χ1) is 15.2. The van der Waals surface area contributed by atoms with Gasteiger partial charge in [-0.3, -0.25) is 9.78 Å². The van der Waals surface area contributed by atoms with Crippen molar-refractivity contribution in [3.63, 3.8) is 0 Å². The maximum atomic E-state index is 12.8. The van der Waals surface area contributed by atoms with Crippen LogP contribution in [-0.2, 0) is 17.8 Å². The molecule has 31 heavy (non-hydrogen) atoms. The quantitative estimate of drug-likeness (QED) is 0.411. The van der Waals surface area contributed by atoms with Gasteiger partial charge in [0.1, 0.15) is 15.5 Å². The molecule has 3 aromatic rings. The van der Waals surface area contributed by atoms with E-state index < -0.39 is 0 Å². The fourth-order valence-corrected chi connectivity index (χ4v) is 7.47. The Morgan fingerprint density at radius 2 is 2.26 bits per heavy atom. The molecule has 4 aliphatic rings. The number of nitrogens with one attached hydrogen (secondary N) is 4. The predicted octanol–water partition coefficient (Wildman–Crippen LogP) is 2.74. The average molecular weight is 455 g/mol. The molecule has 0 spiro atoms. The molecule has 0 aromatic carbocycles. The number of pyridine rings is 1. The van der Waals surface area contributed by atoms with Gasteiger partial charge in [-0.25, -0.2) is 4.98 Å². The van der Waals surface area contributed by atoms with E-state index in [-0.39, 0.29) is 5.91 Å². The van der Waals surface area contributed by atoms with E-state index in [4.69, 9.17) is 4.98 Å². The number of anilines is 1. The highest BCUT2D eigenvalue weighted by atomic mass is 32.1. The smallest absolute Gasteiger partial charge is 0.226 e. The van der Waals surface area contributed by atoms with Crippen molar-refractivity contribution in [1.82, 2.24) is 25.9 Å². The Balaban J connectivity index is 1.17. The molecule has 1 amide bonds. The first kappa shape index (κ1) is 19.8. The van der Waals surface area contributed by atoms with Gasteiger partial charge < -0.3 is 21.3 Å². The Labute approximate surface area is 189 Å². The maximum absolute atomic E-state index is 12.8. The Morgan fingerprint density at radius 3 is 3.10 bits per heavy atom. The molecule has 3 fully saturated rings. The molecule has 1 aliphatic carbocycles. The number of fused-ring (bicyclic) bond motifs is 3. The van der Waals surface area contributed by atoms with E-state index in [0.29, 0.717) is 18.5 Å². The summed E-state index contributed by atoms with van der Waals surface area (Å²) in [5, 5.41) is 15.7. The third-order valence-corrected chi connectivity index (χ3v) is 8.90. The van der Waals surface area contributed by atoms with Crippen LogP contribution >= 0.6 is 22.7 Å². The monoisotopic (exact) mass is 454 g/mol. The van der Waals surface area contributed by atoms with E-state index in [0.717, 1.165) is 64.3 Å². The molecule has 1 saturated carbocycles. The number of hydrogen-bond acceptors (Lipinski definition) is 8. The minimum atomic E-state index is 0.0615. The van der Waals surface area contributed by atoms with Crippen molar-refractivity contribution in [3.05, 3.63) is 28.9 Å². The fourth-order valence-electron chi connectivity index (χ4n) is 5.16. The molecule has 162 valence electrons. The number of carbonyl (C=O) groups is 1. The fraction of sp³-hybridized carbons (Fsp3) is 0.500. The van der Waals surface area contributed by atoms with Crippen LogP contribution in [0.5, 0.6) is 0 Å². The number of aromatic nitrogens is 2. The first-order valence-corrected chi connectivity index (χ1v) is 12.6. The second kappa shape index (κ2) is 7.90. The summed E-state index contributed by atoms with van der Waals surface area (Å²) in [6, 6.07) is 2.00. The van der Waals surface area contributed by atoms with Crippen molar-refractivity contribution < 1.29 is 4.79 Å². The number of carbonyl (C=O) groups excluding carboxylic acids is 1. The zero-order chi connectivity index (χ0) is 20.8. The number of nitrogens with zero attached hydrogens (tertiary/aromatic N) is 2. The van der Waals surface area contributed by atoms with E-state index in [1.54, 1.807) is 28.9 Å². The molecule has 6 heterocycles. The van der Waals surface area contributed by atoms with Crippen LogP contribution in [0.15, 0.2) is 18.5 Å². The zero-order valence-corrected chi connectivity index (χ0v) is 18.9. The van der Waals surface area contributed by atoms with Crippen molar-refractivity contribution in [1.29, 1.82) is 0 Å². The van der Waals surface area contributed by atoms with Crippen molar-refractivity contribution in [3.8, 4) is 10.6 Å². The van der Waals surface area contributed by atoms with Gasteiger partial charge in [0.25, 0.3) is 0 Å². The number of hydrogen-bond donors (Lipinski definition) is 4. The molecule has 4 N–H and O–H groups in total. The van der Waals surface area contributed by atoms with Gasteiger partial charge in [-0.2, -0.15) is 0 Å². The molecule has 0 radical (unpaired) electrons. The van der Waals surface area contributed by atoms with Crippen LogP contribution in [0.25, 0.3) is 20.8 Å². The summed E-state index contributed by atoms with van der Waals surface area (Å²) in [5.74, 6) is 0.938. The van der Waals surface area contributed by atoms with Gasteiger partial charge >= 0.3 is 0 Å². The third-order valence-electron chi connectivity index (χ3n) is 6.70. The van der Waals surface area contributed by atoms with Gasteiger partial charge in [0.2, 0.25) is 5.91 Å². The molecule has 3 aromatic heterocycles. The van der Waals surface area contributed by atoms with E-state index in [1.807, 2.05) is 12.3 Å². The SMILES string of the molecule is O=C(CCNCC12CC(CN1)C2)Nc1sc2c(c1-c1nc3cnccc3s1)CCNC2. The Kier molecular flexibility index (Phi) is 5.03. The minimum absolute atomic E-state index is 0.0615. The normalized spacial score (nSPS) is 24.2. The van der Waals surface area contributed by atoms with Gasteiger partial charge in [0.15, 0.2) is 0 Å². The number of thiophene rings is 1. The molecule has 2 bridgehead atoms. The lowest BCUT2D eigenvalue weighted by Gasteiger charge is -2.37. The summed E-state index contributed by atoms with van der Waals surface area (Å²) in [6.45, 7) is 4.63. The van der Waals surface area contributed by atoms with Crippen molar-refractivity contribution in [2.45, 2.75) is 37.8 Å². The summed E-state index contributed by atoms with van der Waals surface area (Å²) in [6.07, 6.45) is 7.61. The molecule has 0 unspecified atom stereocenters. The predicted molar refractivity (Wildman–Crippen MR) is 126 cm³/mol. The van der Waals surface area contributed by atoms with Crippen molar-refractivity contribution in [2.24, 2.45) is 5.92 Å². The number of thiazole rings is 1. The summed E-state index contributed by atoms with van der Waals surface area (Å²) in [5.41, 5.74) is 3.65. The number of rotatable bonds is 7. The van der Waals surface area contributed by atoms with Gasteiger partial charge in [-0.15, -0.1) is 22.7 Å². The molecule has 7 nitrogen and oxygen atoms in total. The molecular weight excluding hydrogens is 428 g/mol. The highest BCUT2D eigenvalue weighted by molar-refractivity contribution is 7.22. The molecular formula is C22H26N6OS2. The summed E-state index contributed by atoms with van der Waals surface area (Å²) >= 11 is 3.36. The van der Waals surface area contributed by atoms with E-state index in [1.165, 1.54) is 23.3 Å². The van der Waals surface area contributed by atoms with Crippen molar-refractivity contribution in [2.75, 3.05) is 31.5 Å². The first-order valence-electron chi connectivity index (χ1n) is 11.0. The van der Waals surface area contributed by atoms with Crippen LogP contribution in [0.3, 0.4) is 0 Å². The lowest BCUT2D eigenvalue weighted by Crippen LogP contribution is -2.51. The Morgan fingerprint density at radius 1 is 1.32 bits per heavy atom. The summed E-state index contributed by atoms with van der Waals surface area (Å²) in [7, 11) is 0. The minimum Gasteiger partial charge on any atom is -0.317 e. The molecule has 3 aliphatic heterocycles. The van der Waals surface area contributed by atoms with Crippen LogP contribution in [-0.4, -0.2) is 47.6 Å². The summed E-state index contributed by atoms with van der Waals surface area (Å²) < 4.78 is 1.12. The second-order valence-corrected chi connectivity index (χ2v) is 11.0. The van der Waals surface area contributed by atoms with Gasteiger partial charge in [-0.05, 0) is 49.9 Å². The van der Waals surface area contributed by atoms with Crippen LogP contribution in [0.1, 0.15) is 29.7 Å². The third kappa shape index (κ3) is 3.68. The molecule has 9 heteroatoms. The average Bonchev–Trinajstić information content (AvgIpc) is 3.51. The topological polar surface area (TPSA) is 91.0 Å². The van der Waals surface area contributed by atoms with Crippen LogP contribution in [0.2, 0.25) is 0 Å². The number of amides is 1. The highest BCUT2D eigenvalue weighted by Crippen LogP contribution is 2.45. The Bertz CT molecular complexity index is 1090. The Hall–Kier alpha value is -1.91. The summed E-state index contributed by atoms with van der Waals surface area (Å²) in [4.78, 5) is 23.1. The van der Waals surface area contributed by atoms with E-state index in [9.17, 15) is 4.79 Å². The van der Waals surface area contributed by atoms with Crippen LogP contribution < -0.4 is 21.3 Å².